The van der Waals surface area contributed by atoms with E-state index in [4.69, 9.17) is 15.0 Å². The Morgan fingerprint density at radius 1 is 0.500 bits per heavy atom. The largest absolute Gasteiger partial charge is 0.466 e. The highest BCUT2D eigenvalue weighted by Gasteiger charge is 2.10. The van der Waals surface area contributed by atoms with Gasteiger partial charge in [0, 0.05) is 23.8 Å². The molecule has 0 N–H and O–H groups in total. The Hall–Kier alpha value is -1.75. The first-order valence-electron chi connectivity index (χ1n) is 19.9. The topological polar surface area (TPSA) is 101 Å². The van der Waals surface area contributed by atoms with E-state index in [1.165, 1.54) is 103 Å². The Morgan fingerprint density at radius 3 is 1.33 bits per heavy atom. The van der Waals surface area contributed by atoms with Gasteiger partial charge in [-0.2, -0.15) is 0 Å². The average Bonchev–Trinajstić information content (AvgIpc) is 3.05. The van der Waals surface area contributed by atoms with E-state index in [0.29, 0.717) is 26.1 Å². The smallest absolute Gasteiger partial charge is 0.305 e. The van der Waals surface area contributed by atoms with Crippen molar-refractivity contribution in [3.8, 4) is 0 Å². The molecule has 0 fully saturated rings. The van der Waals surface area contributed by atoms with E-state index < -0.39 is 0 Å². The molecule has 0 aliphatic heterocycles. The lowest BCUT2D eigenvalue weighted by atomic mass is 9.91. The Labute approximate surface area is 284 Å². The van der Waals surface area contributed by atoms with Crippen LogP contribution in [0.4, 0.5) is 0 Å². The van der Waals surface area contributed by atoms with Gasteiger partial charge in [0.05, 0.1) is 13.2 Å². The van der Waals surface area contributed by atoms with Crippen molar-refractivity contribution in [1.29, 1.82) is 0 Å². The maximum Gasteiger partial charge on any atom is 0.305 e. The summed E-state index contributed by atoms with van der Waals surface area (Å²) < 4.78 is 10.8. The highest BCUT2D eigenvalue weighted by Crippen LogP contribution is 2.23. The lowest BCUT2D eigenvalue weighted by Crippen LogP contribution is -2.07. The zero-order valence-corrected chi connectivity index (χ0v) is 30.8. The predicted octanol–water partition coefficient (Wildman–Crippen LogP) is 13.1. The normalized spacial score (nSPS) is 11.8. The molecule has 270 valence electrons. The van der Waals surface area contributed by atoms with Crippen molar-refractivity contribution >= 4 is 11.9 Å². The summed E-state index contributed by atoms with van der Waals surface area (Å²) >= 11 is 0. The number of hydrogen-bond donors (Lipinski definition) is 0. The monoisotopic (exact) mass is 650 g/mol. The van der Waals surface area contributed by atoms with Crippen molar-refractivity contribution in [1.82, 2.24) is 0 Å². The van der Waals surface area contributed by atoms with Crippen LogP contribution in [0.3, 0.4) is 0 Å². The Balaban J connectivity index is 3.70. The van der Waals surface area contributed by atoms with Crippen LogP contribution in [0.1, 0.15) is 213 Å². The zero-order chi connectivity index (χ0) is 33.8. The second-order valence-electron chi connectivity index (χ2n) is 13.7. The molecule has 1 atom stereocenters. The summed E-state index contributed by atoms with van der Waals surface area (Å²) in [6.07, 6.45) is 33.5. The minimum atomic E-state index is -0.0892. The second kappa shape index (κ2) is 36.1. The van der Waals surface area contributed by atoms with Crippen LogP contribution in [0.2, 0.25) is 0 Å². The molecule has 0 aliphatic rings. The third-order valence-electron chi connectivity index (χ3n) is 9.26. The first kappa shape index (κ1) is 44.2. The van der Waals surface area contributed by atoms with E-state index in [9.17, 15) is 9.59 Å². The number of nitrogens with zero attached hydrogens (tertiary/aromatic N) is 3. The fourth-order valence-electron chi connectivity index (χ4n) is 6.22. The van der Waals surface area contributed by atoms with Crippen molar-refractivity contribution < 1.29 is 19.1 Å². The molecule has 0 rings (SSSR count). The van der Waals surface area contributed by atoms with Gasteiger partial charge in [-0.3, -0.25) is 9.59 Å². The summed E-state index contributed by atoms with van der Waals surface area (Å²) in [5.41, 5.74) is 8.95. The van der Waals surface area contributed by atoms with Gasteiger partial charge < -0.3 is 9.47 Å². The molecule has 0 aromatic rings. The molecule has 0 bridgehead atoms. The molecule has 0 heterocycles. The van der Waals surface area contributed by atoms with Gasteiger partial charge in [0.25, 0.3) is 0 Å². The van der Waals surface area contributed by atoms with E-state index >= 15 is 0 Å². The predicted molar refractivity (Wildman–Crippen MR) is 194 cm³/mol. The number of esters is 2. The fourth-order valence-corrected chi connectivity index (χ4v) is 6.22. The molecule has 0 spiro atoms. The highest BCUT2D eigenvalue weighted by molar-refractivity contribution is 5.69. The van der Waals surface area contributed by atoms with Crippen LogP contribution in [0, 0.1) is 5.92 Å². The van der Waals surface area contributed by atoms with Crippen LogP contribution >= 0.6 is 0 Å². The van der Waals surface area contributed by atoms with Crippen molar-refractivity contribution in [2.45, 2.75) is 219 Å². The molecule has 0 saturated heterocycles. The van der Waals surface area contributed by atoms with Gasteiger partial charge in [-0.05, 0) is 50.0 Å². The molecule has 7 heteroatoms. The Kier molecular flexibility index (Phi) is 34.7. The molecule has 0 saturated carbocycles. The van der Waals surface area contributed by atoms with E-state index in [0.717, 1.165) is 83.0 Å². The van der Waals surface area contributed by atoms with Crippen LogP contribution in [-0.4, -0.2) is 31.2 Å². The van der Waals surface area contributed by atoms with Gasteiger partial charge in [0.15, 0.2) is 0 Å². The highest BCUT2D eigenvalue weighted by atomic mass is 16.5. The quantitative estimate of drug-likeness (QED) is 0.0221. The molecular weight excluding hydrogens is 574 g/mol. The molecule has 0 aromatic carbocycles. The fraction of sp³-hybridized carbons (Fsp3) is 0.949. The summed E-state index contributed by atoms with van der Waals surface area (Å²) in [6.45, 7) is 7.91. The minimum absolute atomic E-state index is 0.0101. The number of rotatable bonds is 36. The lowest BCUT2D eigenvalue weighted by molar-refractivity contribution is -0.144. The van der Waals surface area contributed by atoms with Crippen LogP contribution in [0.5, 0.6) is 0 Å². The van der Waals surface area contributed by atoms with Crippen LogP contribution in [0.25, 0.3) is 10.4 Å². The van der Waals surface area contributed by atoms with Crippen molar-refractivity contribution in [3.05, 3.63) is 10.4 Å². The summed E-state index contributed by atoms with van der Waals surface area (Å²) in [4.78, 5) is 27.1. The Bertz CT molecular complexity index is 718. The lowest BCUT2D eigenvalue weighted by Gasteiger charge is -2.16. The third kappa shape index (κ3) is 32.2. The number of carbonyl (C=O) groups is 2. The molecule has 1 unspecified atom stereocenters. The second-order valence-corrected chi connectivity index (χ2v) is 13.7. The summed E-state index contributed by atoms with van der Waals surface area (Å²) in [5.74, 6) is 0.729. The standard InChI is InChI=1S/C39H75N3O4/c1-4-7-10-11-12-13-14-16-25-34-45-38(43)32-23-18-21-30-37(41-42-40)31-22-19-24-33-39(44)46-35-26-17-15-20-29-36(27-8-5-2)28-9-6-3/h36-37H,4-35H2,1-3H3. The SMILES string of the molecule is CCCCCCCCCCCOC(=O)CCCCCC(CCCCCC(=O)OCCCCCCC(CCCC)CCCC)N=[N+]=[N-]. The molecule has 0 radical (unpaired) electrons. The molecule has 0 aromatic heterocycles. The summed E-state index contributed by atoms with van der Waals surface area (Å²) in [5, 5.41) is 3.98. The van der Waals surface area contributed by atoms with Gasteiger partial charge in [-0.1, -0.05) is 167 Å². The van der Waals surface area contributed by atoms with Crippen molar-refractivity contribution in [3.63, 3.8) is 0 Å². The number of unbranched alkanes of at least 4 members (excludes halogenated alkanes) is 17. The van der Waals surface area contributed by atoms with Crippen LogP contribution in [0.15, 0.2) is 5.11 Å². The van der Waals surface area contributed by atoms with Gasteiger partial charge in [0.2, 0.25) is 0 Å². The van der Waals surface area contributed by atoms with E-state index in [1.54, 1.807) is 0 Å². The third-order valence-corrected chi connectivity index (χ3v) is 9.26. The number of carbonyl (C=O) groups excluding carboxylic acids is 2. The maximum absolute atomic E-state index is 12.1. The molecule has 0 amide bonds. The van der Waals surface area contributed by atoms with Crippen LogP contribution in [-0.2, 0) is 19.1 Å². The van der Waals surface area contributed by atoms with Gasteiger partial charge >= 0.3 is 11.9 Å². The van der Waals surface area contributed by atoms with Crippen molar-refractivity contribution in [2.75, 3.05) is 13.2 Å². The van der Waals surface area contributed by atoms with Gasteiger partial charge in [-0.25, -0.2) is 0 Å². The van der Waals surface area contributed by atoms with E-state index in [1.807, 2.05) is 0 Å². The van der Waals surface area contributed by atoms with Crippen LogP contribution < -0.4 is 0 Å². The molecular formula is C39H75N3O4. The zero-order valence-electron chi connectivity index (χ0n) is 30.8. The number of hydrogen-bond acceptors (Lipinski definition) is 5. The number of ether oxygens (including phenoxy) is 2. The van der Waals surface area contributed by atoms with Gasteiger partial charge in [-0.15, -0.1) is 0 Å². The van der Waals surface area contributed by atoms with E-state index in [-0.39, 0.29) is 18.0 Å². The first-order chi connectivity index (χ1) is 22.6. The van der Waals surface area contributed by atoms with Crippen molar-refractivity contribution in [2.24, 2.45) is 11.0 Å². The summed E-state index contributed by atoms with van der Waals surface area (Å²) in [6, 6.07) is -0.0101. The minimum Gasteiger partial charge on any atom is -0.466 e. The maximum atomic E-state index is 12.1. The molecule has 46 heavy (non-hydrogen) atoms. The van der Waals surface area contributed by atoms with Gasteiger partial charge in [0.1, 0.15) is 0 Å². The molecule has 7 nitrogen and oxygen atoms in total. The molecule has 0 aliphatic carbocycles. The average molecular weight is 650 g/mol. The number of azide groups is 1. The Morgan fingerprint density at radius 2 is 0.870 bits per heavy atom. The van der Waals surface area contributed by atoms with E-state index in [2.05, 4.69) is 30.8 Å². The first-order valence-corrected chi connectivity index (χ1v) is 19.9. The summed E-state index contributed by atoms with van der Waals surface area (Å²) in [7, 11) is 0.